The molecule has 1 aromatic rings. The molecule has 82 valence electrons. The fourth-order valence-corrected chi connectivity index (χ4v) is 2.17. The molecule has 15 heavy (non-hydrogen) atoms. The second-order valence-electron chi connectivity index (χ2n) is 3.84. The third-order valence-corrected chi connectivity index (χ3v) is 3.21. The molecule has 1 aliphatic rings. The van der Waals surface area contributed by atoms with Gasteiger partial charge in [-0.25, -0.2) is 0 Å². The first-order valence-electron chi connectivity index (χ1n) is 4.81. The summed E-state index contributed by atoms with van der Waals surface area (Å²) >= 11 is 3.42. The predicted molar refractivity (Wildman–Crippen MR) is 62.3 cm³/mol. The normalized spacial score (nSPS) is 17.3. The lowest BCUT2D eigenvalue weighted by Crippen LogP contribution is -2.20. The highest BCUT2D eigenvalue weighted by Crippen LogP contribution is 2.51. The van der Waals surface area contributed by atoms with Crippen molar-refractivity contribution >= 4 is 15.9 Å². The molecule has 0 spiro atoms. The van der Waals surface area contributed by atoms with Gasteiger partial charge in [0.2, 0.25) is 0 Å². The first-order valence-corrected chi connectivity index (χ1v) is 5.61. The summed E-state index contributed by atoms with van der Waals surface area (Å²) in [5, 5.41) is 0. The van der Waals surface area contributed by atoms with Crippen LogP contribution in [0.25, 0.3) is 0 Å². The van der Waals surface area contributed by atoms with Crippen LogP contribution in [-0.4, -0.2) is 14.2 Å². The summed E-state index contributed by atoms with van der Waals surface area (Å²) in [6, 6.07) is 3.84. The fourth-order valence-electron chi connectivity index (χ4n) is 1.76. The van der Waals surface area contributed by atoms with Crippen molar-refractivity contribution in [3.8, 4) is 11.5 Å². The van der Waals surface area contributed by atoms with Gasteiger partial charge in [-0.05, 0) is 25.0 Å². The molecule has 2 N–H and O–H groups in total. The summed E-state index contributed by atoms with van der Waals surface area (Å²) < 4.78 is 11.6. The Balaban J connectivity index is 2.57. The smallest absolute Gasteiger partial charge is 0.128 e. The number of rotatable bonds is 3. The van der Waals surface area contributed by atoms with Crippen LogP contribution in [0.5, 0.6) is 11.5 Å². The van der Waals surface area contributed by atoms with E-state index < -0.39 is 0 Å². The zero-order chi connectivity index (χ0) is 11.1. The van der Waals surface area contributed by atoms with E-state index in [2.05, 4.69) is 15.9 Å². The van der Waals surface area contributed by atoms with Crippen molar-refractivity contribution in [2.24, 2.45) is 5.73 Å². The SMILES string of the molecule is COc1cc(Br)cc(OC)c1C1(N)CC1. The van der Waals surface area contributed by atoms with Gasteiger partial charge >= 0.3 is 0 Å². The van der Waals surface area contributed by atoms with E-state index >= 15 is 0 Å². The van der Waals surface area contributed by atoms with Gasteiger partial charge in [0.25, 0.3) is 0 Å². The van der Waals surface area contributed by atoms with E-state index in [4.69, 9.17) is 15.2 Å². The molecule has 0 radical (unpaired) electrons. The second kappa shape index (κ2) is 3.68. The predicted octanol–water partition coefficient (Wildman–Crippen LogP) is 2.41. The Bertz CT molecular complexity index is 363. The Morgan fingerprint density at radius 2 is 1.67 bits per heavy atom. The van der Waals surface area contributed by atoms with Gasteiger partial charge in [-0.1, -0.05) is 15.9 Å². The fraction of sp³-hybridized carbons (Fsp3) is 0.455. The van der Waals surface area contributed by atoms with Crippen molar-refractivity contribution in [2.45, 2.75) is 18.4 Å². The van der Waals surface area contributed by atoms with E-state index in [-0.39, 0.29) is 5.54 Å². The minimum absolute atomic E-state index is 0.253. The number of hydrogen-bond acceptors (Lipinski definition) is 3. The van der Waals surface area contributed by atoms with Crippen molar-refractivity contribution < 1.29 is 9.47 Å². The molecule has 4 heteroatoms. The lowest BCUT2D eigenvalue weighted by Gasteiger charge is -2.18. The van der Waals surface area contributed by atoms with Gasteiger partial charge in [0.1, 0.15) is 11.5 Å². The summed E-state index contributed by atoms with van der Waals surface area (Å²) in [5.41, 5.74) is 6.92. The topological polar surface area (TPSA) is 44.5 Å². The van der Waals surface area contributed by atoms with Crippen LogP contribution >= 0.6 is 15.9 Å². The maximum absolute atomic E-state index is 6.20. The van der Waals surface area contributed by atoms with Gasteiger partial charge < -0.3 is 15.2 Å². The quantitative estimate of drug-likeness (QED) is 0.919. The monoisotopic (exact) mass is 271 g/mol. The molecule has 0 saturated heterocycles. The zero-order valence-corrected chi connectivity index (χ0v) is 10.4. The first-order chi connectivity index (χ1) is 7.10. The molecule has 3 nitrogen and oxygen atoms in total. The molecule has 1 aromatic carbocycles. The second-order valence-corrected chi connectivity index (χ2v) is 4.76. The Labute approximate surface area is 97.7 Å². The molecule has 1 saturated carbocycles. The summed E-state index contributed by atoms with van der Waals surface area (Å²) in [6.45, 7) is 0. The van der Waals surface area contributed by atoms with Gasteiger partial charge in [-0.2, -0.15) is 0 Å². The summed E-state index contributed by atoms with van der Waals surface area (Å²) in [7, 11) is 3.30. The number of ether oxygens (including phenoxy) is 2. The highest BCUT2D eigenvalue weighted by Gasteiger charge is 2.44. The van der Waals surface area contributed by atoms with Crippen LogP contribution in [0.3, 0.4) is 0 Å². The minimum atomic E-state index is -0.253. The highest BCUT2D eigenvalue weighted by atomic mass is 79.9. The summed E-state index contributed by atoms with van der Waals surface area (Å²) in [6.07, 6.45) is 1.97. The molecule has 0 aromatic heterocycles. The average Bonchev–Trinajstić information content (AvgIpc) is 2.95. The van der Waals surface area contributed by atoms with E-state index in [1.54, 1.807) is 14.2 Å². The van der Waals surface area contributed by atoms with Crippen molar-refractivity contribution in [1.29, 1.82) is 0 Å². The van der Waals surface area contributed by atoms with Gasteiger partial charge in [0.05, 0.1) is 19.8 Å². The van der Waals surface area contributed by atoms with Crippen LogP contribution in [0.15, 0.2) is 16.6 Å². The molecule has 0 atom stereocenters. The number of hydrogen-bond donors (Lipinski definition) is 1. The number of methoxy groups -OCH3 is 2. The van der Waals surface area contributed by atoms with E-state index in [0.29, 0.717) is 0 Å². The molecule has 0 bridgehead atoms. The van der Waals surface area contributed by atoms with Crippen LogP contribution in [0.4, 0.5) is 0 Å². The maximum Gasteiger partial charge on any atom is 0.128 e. The van der Waals surface area contributed by atoms with Crippen LogP contribution in [0, 0.1) is 0 Å². The standard InChI is InChI=1S/C11H14BrNO2/c1-14-8-5-7(12)6-9(15-2)10(8)11(13)3-4-11/h5-6H,3-4,13H2,1-2H3. The Kier molecular flexibility index (Phi) is 2.64. The molecule has 1 aliphatic carbocycles. The van der Waals surface area contributed by atoms with E-state index in [9.17, 15) is 0 Å². The van der Waals surface area contributed by atoms with Crippen LogP contribution in [0.1, 0.15) is 18.4 Å². The summed E-state index contributed by atoms with van der Waals surface area (Å²) in [4.78, 5) is 0. The first kappa shape index (κ1) is 10.8. The minimum Gasteiger partial charge on any atom is -0.496 e. The number of nitrogens with two attached hydrogens (primary N) is 1. The van der Waals surface area contributed by atoms with Crippen molar-refractivity contribution in [3.05, 3.63) is 22.2 Å². The van der Waals surface area contributed by atoms with Gasteiger partial charge in [-0.15, -0.1) is 0 Å². The molecule has 1 fully saturated rings. The highest BCUT2D eigenvalue weighted by molar-refractivity contribution is 9.10. The molecule has 0 aliphatic heterocycles. The lowest BCUT2D eigenvalue weighted by molar-refractivity contribution is 0.376. The number of halogens is 1. The maximum atomic E-state index is 6.20. The van der Waals surface area contributed by atoms with E-state index in [0.717, 1.165) is 34.4 Å². The average molecular weight is 272 g/mol. The van der Waals surface area contributed by atoms with Gasteiger partial charge in [-0.3, -0.25) is 0 Å². The van der Waals surface area contributed by atoms with E-state index in [1.807, 2.05) is 12.1 Å². The molecule has 0 amide bonds. The lowest BCUT2D eigenvalue weighted by atomic mass is 10.0. The third kappa shape index (κ3) is 1.84. The molecular formula is C11H14BrNO2. The van der Waals surface area contributed by atoms with Crippen LogP contribution < -0.4 is 15.2 Å². The number of benzene rings is 1. The van der Waals surface area contributed by atoms with Crippen LogP contribution in [0.2, 0.25) is 0 Å². The summed E-state index contributed by atoms with van der Waals surface area (Å²) in [5.74, 6) is 1.59. The van der Waals surface area contributed by atoms with E-state index in [1.165, 1.54) is 0 Å². The molecule has 0 heterocycles. The molecule has 2 rings (SSSR count). The van der Waals surface area contributed by atoms with Crippen molar-refractivity contribution in [1.82, 2.24) is 0 Å². The van der Waals surface area contributed by atoms with Gasteiger partial charge in [0, 0.05) is 10.0 Å². The van der Waals surface area contributed by atoms with Gasteiger partial charge in [0.15, 0.2) is 0 Å². The van der Waals surface area contributed by atoms with Crippen LogP contribution in [-0.2, 0) is 5.54 Å². The Morgan fingerprint density at radius 1 is 1.20 bits per heavy atom. The Morgan fingerprint density at radius 3 is 2.00 bits per heavy atom. The Hall–Kier alpha value is -0.740. The molecular weight excluding hydrogens is 258 g/mol. The zero-order valence-electron chi connectivity index (χ0n) is 8.84. The molecule has 0 unspecified atom stereocenters. The van der Waals surface area contributed by atoms with Crippen molar-refractivity contribution in [3.63, 3.8) is 0 Å². The largest absolute Gasteiger partial charge is 0.496 e. The van der Waals surface area contributed by atoms with Crippen molar-refractivity contribution in [2.75, 3.05) is 14.2 Å². The third-order valence-electron chi connectivity index (χ3n) is 2.76.